The van der Waals surface area contributed by atoms with Crippen molar-refractivity contribution in [1.29, 1.82) is 0 Å². The molecule has 21 heavy (non-hydrogen) atoms. The standard InChI is InChI=1S/C15H23FN2O2S/c1-2-14(11-6-4-3-5-7-11)18-15-9-8-12(10-13(15)16)21(17,19)20/h8-11,14,18H,2-7H2,1H3,(H2,17,19,20). The Bertz CT molecular complexity index is 583. The van der Waals surface area contributed by atoms with Gasteiger partial charge >= 0.3 is 0 Å². The average Bonchev–Trinajstić information content (AvgIpc) is 2.46. The molecule has 0 aromatic heterocycles. The number of primary sulfonamides is 1. The molecule has 1 fully saturated rings. The van der Waals surface area contributed by atoms with Gasteiger partial charge < -0.3 is 5.32 Å². The van der Waals surface area contributed by atoms with Gasteiger partial charge in [-0.25, -0.2) is 17.9 Å². The van der Waals surface area contributed by atoms with Crippen LogP contribution in [0.2, 0.25) is 0 Å². The summed E-state index contributed by atoms with van der Waals surface area (Å²) in [6.07, 6.45) is 7.00. The van der Waals surface area contributed by atoms with Gasteiger partial charge in [-0.1, -0.05) is 26.2 Å². The summed E-state index contributed by atoms with van der Waals surface area (Å²) in [5, 5.41) is 8.24. The van der Waals surface area contributed by atoms with Crippen LogP contribution in [-0.4, -0.2) is 14.5 Å². The van der Waals surface area contributed by atoms with E-state index in [2.05, 4.69) is 12.2 Å². The van der Waals surface area contributed by atoms with Gasteiger partial charge in [-0.15, -0.1) is 0 Å². The van der Waals surface area contributed by atoms with Crippen LogP contribution in [0.4, 0.5) is 10.1 Å². The van der Waals surface area contributed by atoms with Gasteiger partial charge in [-0.05, 0) is 43.4 Å². The smallest absolute Gasteiger partial charge is 0.238 e. The molecule has 1 aliphatic rings. The largest absolute Gasteiger partial charge is 0.380 e. The molecule has 0 heterocycles. The minimum atomic E-state index is -3.86. The molecular weight excluding hydrogens is 291 g/mol. The van der Waals surface area contributed by atoms with Gasteiger partial charge in [0.05, 0.1) is 10.6 Å². The van der Waals surface area contributed by atoms with Crippen molar-refractivity contribution in [2.24, 2.45) is 11.1 Å². The van der Waals surface area contributed by atoms with Crippen LogP contribution >= 0.6 is 0 Å². The van der Waals surface area contributed by atoms with Gasteiger partial charge in [0.1, 0.15) is 5.82 Å². The average molecular weight is 314 g/mol. The summed E-state index contributed by atoms with van der Waals surface area (Å²) in [6.45, 7) is 2.09. The van der Waals surface area contributed by atoms with Crippen molar-refractivity contribution in [2.45, 2.75) is 56.4 Å². The minimum absolute atomic E-state index is 0.198. The molecule has 6 heteroatoms. The number of hydrogen-bond donors (Lipinski definition) is 2. The van der Waals surface area contributed by atoms with E-state index in [0.29, 0.717) is 11.6 Å². The molecule has 1 aromatic rings. The third-order valence-corrected chi connectivity index (χ3v) is 5.18. The van der Waals surface area contributed by atoms with Crippen molar-refractivity contribution in [1.82, 2.24) is 0 Å². The number of nitrogens with two attached hydrogens (primary N) is 1. The molecule has 1 atom stereocenters. The molecule has 4 nitrogen and oxygen atoms in total. The fourth-order valence-corrected chi connectivity index (χ4v) is 3.60. The van der Waals surface area contributed by atoms with Gasteiger partial charge in [-0.2, -0.15) is 0 Å². The van der Waals surface area contributed by atoms with Crippen LogP contribution < -0.4 is 10.5 Å². The second-order valence-electron chi connectivity index (χ2n) is 5.74. The summed E-state index contributed by atoms with van der Waals surface area (Å²) in [4.78, 5) is -0.198. The van der Waals surface area contributed by atoms with Crippen molar-refractivity contribution in [3.8, 4) is 0 Å². The molecule has 1 aliphatic carbocycles. The Hall–Kier alpha value is -1.14. The number of nitrogens with one attached hydrogen (secondary N) is 1. The molecule has 0 bridgehead atoms. The normalized spacial score (nSPS) is 18.4. The maximum atomic E-state index is 14.1. The Balaban J connectivity index is 2.14. The minimum Gasteiger partial charge on any atom is -0.380 e. The zero-order chi connectivity index (χ0) is 15.5. The number of halogens is 1. The van der Waals surface area contributed by atoms with Crippen molar-refractivity contribution in [2.75, 3.05) is 5.32 Å². The molecule has 0 amide bonds. The summed E-state index contributed by atoms with van der Waals surface area (Å²) < 4.78 is 36.5. The van der Waals surface area contributed by atoms with Gasteiger partial charge in [0.25, 0.3) is 0 Å². The first kappa shape index (κ1) is 16.2. The molecule has 3 N–H and O–H groups in total. The molecule has 0 saturated heterocycles. The van der Waals surface area contributed by atoms with E-state index in [1.54, 1.807) is 0 Å². The third-order valence-electron chi connectivity index (χ3n) is 4.27. The van der Waals surface area contributed by atoms with Crippen molar-refractivity contribution >= 4 is 15.7 Å². The second-order valence-corrected chi connectivity index (χ2v) is 7.31. The maximum absolute atomic E-state index is 14.1. The lowest BCUT2D eigenvalue weighted by molar-refractivity contribution is 0.312. The van der Waals surface area contributed by atoms with E-state index in [-0.39, 0.29) is 10.9 Å². The van der Waals surface area contributed by atoms with E-state index in [0.717, 1.165) is 12.5 Å². The van der Waals surface area contributed by atoms with Crippen LogP contribution in [0, 0.1) is 11.7 Å². The highest BCUT2D eigenvalue weighted by Gasteiger charge is 2.23. The predicted octanol–water partition coefficient (Wildman–Crippen LogP) is 3.24. The number of rotatable bonds is 5. The molecule has 0 radical (unpaired) electrons. The highest BCUT2D eigenvalue weighted by atomic mass is 32.2. The Morgan fingerprint density at radius 3 is 2.52 bits per heavy atom. The Labute approximate surface area is 126 Å². The molecule has 1 aromatic carbocycles. The van der Waals surface area contributed by atoms with Crippen molar-refractivity contribution in [3.05, 3.63) is 24.0 Å². The number of anilines is 1. The van der Waals surface area contributed by atoms with Crippen LogP contribution in [0.25, 0.3) is 0 Å². The van der Waals surface area contributed by atoms with Gasteiger partial charge in [0.2, 0.25) is 10.0 Å². The van der Waals surface area contributed by atoms with Crippen LogP contribution in [0.3, 0.4) is 0 Å². The molecule has 1 unspecified atom stereocenters. The van der Waals surface area contributed by atoms with E-state index < -0.39 is 15.8 Å². The highest BCUT2D eigenvalue weighted by molar-refractivity contribution is 7.89. The van der Waals surface area contributed by atoms with E-state index >= 15 is 0 Å². The van der Waals surface area contributed by atoms with Crippen molar-refractivity contribution < 1.29 is 12.8 Å². The summed E-state index contributed by atoms with van der Waals surface area (Å²) in [6, 6.07) is 4.00. The van der Waals surface area contributed by atoms with E-state index in [1.165, 1.54) is 44.2 Å². The fraction of sp³-hybridized carbons (Fsp3) is 0.600. The van der Waals surface area contributed by atoms with Crippen LogP contribution in [0.15, 0.2) is 23.1 Å². The first-order valence-corrected chi connectivity index (χ1v) is 9.05. The lowest BCUT2D eigenvalue weighted by atomic mass is 9.83. The zero-order valence-electron chi connectivity index (χ0n) is 12.3. The van der Waals surface area contributed by atoms with E-state index in [9.17, 15) is 12.8 Å². The second kappa shape index (κ2) is 6.75. The zero-order valence-corrected chi connectivity index (χ0v) is 13.1. The Kier molecular flexibility index (Phi) is 5.22. The highest BCUT2D eigenvalue weighted by Crippen LogP contribution is 2.30. The van der Waals surface area contributed by atoms with Crippen LogP contribution in [-0.2, 0) is 10.0 Å². The lowest BCUT2D eigenvalue weighted by Gasteiger charge is -2.31. The summed E-state index contributed by atoms with van der Waals surface area (Å²) in [7, 11) is -3.86. The molecule has 1 saturated carbocycles. The molecule has 0 aliphatic heterocycles. The number of hydrogen-bond acceptors (Lipinski definition) is 3. The van der Waals surface area contributed by atoms with Crippen LogP contribution in [0.5, 0.6) is 0 Å². The molecule has 0 spiro atoms. The maximum Gasteiger partial charge on any atom is 0.238 e. The van der Waals surface area contributed by atoms with Crippen molar-refractivity contribution in [3.63, 3.8) is 0 Å². The van der Waals surface area contributed by atoms with E-state index in [1.807, 2.05) is 0 Å². The topological polar surface area (TPSA) is 72.2 Å². The summed E-state index contributed by atoms with van der Waals surface area (Å²) in [5.74, 6) is -0.0168. The van der Waals surface area contributed by atoms with Gasteiger partial charge in [-0.3, -0.25) is 0 Å². The SMILES string of the molecule is CCC(Nc1ccc(S(N)(=O)=O)cc1F)C1CCCCC1. The van der Waals surface area contributed by atoms with Gasteiger partial charge in [0, 0.05) is 6.04 Å². The van der Waals surface area contributed by atoms with E-state index in [4.69, 9.17) is 5.14 Å². The third kappa shape index (κ3) is 4.17. The Morgan fingerprint density at radius 2 is 2.00 bits per heavy atom. The first-order valence-electron chi connectivity index (χ1n) is 7.50. The molecular formula is C15H23FN2O2S. The Morgan fingerprint density at radius 1 is 1.33 bits per heavy atom. The monoisotopic (exact) mass is 314 g/mol. The lowest BCUT2D eigenvalue weighted by Crippen LogP contribution is -2.30. The fourth-order valence-electron chi connectivity index (χ4n) is 3.08. The summed E-state index contributed by atoms with van der Waals surface area (Å²) in [5.41, 5.74) is 0.347. The number of benzene rings is 1. The predicted molar refractivity (Wildman–Crippen MR) is 82.0 cm³/mol. The quantitative estimate of drug-likeness (QED) is 0.876. The summed E-state index contributed by atoms with van der Waals surface area (Å²) >= 11 is 0. The molecule has 118 valence electrons. The van der Waals surface area contributed by atoms with Gasteiger partial charge in [0.15, 0.2) is 0 Å². The molecule has 2 rings (SSSR count). The van der Waals surface area contributed by atoms with Crippen LogP contribution in [0.1, 0.15) is 45.4 Å². The number of sulfonamides is 1. The first-order chi connectivity index (χ1) is 9.91.